The number of para-hydroxylation sites is 2. The minimum Gasteiger partial charge on any atom is -0.484 e. The molecule has 0 unspecified atom stereocenters. The van der Waals surface area contributed by atoms with Gasteiger partial charge >= 0.3 is 0 Å². The predicted octanol–water partition coefficient (Wildman–Crippen LogP) is 5.28. The number of nitrogens with zero attached hydrogens (tertiary/aromatic N) is 1. The predicted molar refractivity (Wildman–Crippen MR) is 135 cm³/mol. The number of carbonyl (C=O) groups is 1. The molecule has 0 fully saturated rings. The van der Waals surface area contributed by atoms with Crippen LogP contribution in [0.4, 0.5) is 11.4 Å². The van der Waals surface area contributed by atoms with Crippen molar-refractivity contribution in [1.82, 2.24) is 0 Å². The Labute approximate surface area is 201 Å². The van der Waals surface area contributed by atoms with E-state index in [1.165, 1.54) is 16.4 Å². The molecule has 1 amide bonds. The number of nitrogens with one attached hydrogen (secondary N) is 1. The quantitative estimate of drug-likeness (QED) is 0.501. The van der Waals surface area contributed by atoms with Crippen LogP contribution < -0.4 is 14.4 Å². The minimum absolute atomic E-state index is 0.169. The number of fused-ring (bicyclic) bond motifs is 1. The van der Waals surface area contributed by atoms with Gasteiger partial charge in [-0.25, -0.2) is 8.42 Å². The van der Waals surface area contributed by atoms with Gasteiger partial charge in [-0.1, -0.05) is 50.2 Å². The van der Waals surface area contributed by atoms with E-state index >= 15 is 0 Å². The maximum atomic E-state index is 13.3. The maximum absolute atomic E-state index is 13.3. The van der Waals surface area contributed by atoms with Gasteiger partial charge in [-0.3, -0.25) is 9.10 Å². The molecule has 7 heteroatoms. The first-order valence-corrected chi connectivity index (χ1v) is 12.9. The van der Waals surface area contributed by atoms with Crippen LogP contribution >= 0.6 is 0 Å². The van der Waals surface area contributed by atoms with Gasteiger partial charge in [0.25, 0.3) is 15.9 Å². The lowest BCUT2D eigenvalue weighted by Crippen LogP contribution is -2.35. The van der Waals surface area contributed by atoms with Crippen LogP contribution in [0.5, 0.6) is 5.75 Å². The van der Waals surface area contributed by atoms with Gasteiger partial charge < -0.3 is 10.1 Å². The lowest BCUT2D eigenvalue weighted by molar-refractivity contribution is -0.118. The summed E-state index contributed by atoms with van der Waals surface area (Å²) in [7, 11) is -3.68. The molecule has 34 heavy (non-hydrogen) atoms. The maximum Gasteiger partial charge on any atom is 0.264 e. The average molecular weight is 479 g/mol. The van der Waals surface area contributed by atoms with E-state index in [9.17, 15) is 13.2 Å². The largest absolute Gasteiger partial charge is 0.484 e. The minimum atomic E-state index is -3.68. The summed E-state index contributed by atoms with van der Waals surface area (Å²) in [6.45, 7) is 6.41. The van der Waals surface area contributed by atoms with Crippen LogP contribution in [0.2, 0.25) is 0 Å². The molecule has 0 atom stereocenters. The van der Waals surface area contributed by atoms with Crippen LogP contribution in [0, 0.1) is 6.92 Å². The van der Waals surface area contributed by atoms with Crippen LogP contribution in [0.25, 0.3) is 0 Å². The van der Waals surface area contributed by atoms with Crippen LogP contribution in [0.15, 0.2) is 71.6 Å². The third-order valence-electron chi connectivity index (χ3n) is 6.04. The zero-order valence-corrected chi connectivity index (χ0v) is 20.6. The van der Waals surface area contributed by atoms with E-state index in [1.54, 1.807) is 12.1 Å². The summed E-state index contributed by atoms with van der Waals surface area (Å²) in [6.07, 6.45) is 1.66. The molecule has 3 aromatic rings. The first-order valence-electron chi connectivity index (χ1n) is 11.5. The van der Waals surface area contributed by atoms with Crippen molar-refractivity contribution < 1.29 is 17.9 Å². The van der Waals surface area contributed by atoms with Crippen molar-refractivity contribution in [1.29, 1.82) is 0 Å². The Kier molecular flexibility index (Phi) is 6.93. The monoisotopic (exact) mass is 478 g/mol. The highest BCUT2D eigenvalue weighted by Crippen LogP contribution is 2.32. The molecule has 4 rings (SSSR count). The third kappa shape index (κ3) is 4.94. The summed E-state index contributed by atoms with van der Waals surface area (Å²) in [4.78, 5) is 12.7. The van der Waals surface area contributed by atoms with Gasteiger partial charge in [0.1, 0.15) is 5.75 Å². The fourth-order valence-electron chi connectivity index (χ4n) is 4.25. The lowest BCUT2D eigenvalue weighted by Gasteiger charge is -2.30. The summed E-state index contributed by atoms with van der Waals surface area (Å²) in [6, 6.07) is 19.8. The first-order chi connectivity index (χ1) is 16.3. The highest BCUT2D eigenvalue weighted by Gasteiger charge is 2.28. The number of anilines is 2. The number of benzene rings is 3. The number of hydrogen-bond donors (Lipinski definition) is 1. The molecule has 0 saturated heterocycles. The number of hydrogen-bond acceptors (Lipinski definition) is 4. The van der Waals surface area contributed by atoms with Crippen molar-refractivity contribution >= 4 is 27.3 Å². The van der Waals surface area contributed by atoms with Crippen molar-refractivity contribution in [2.45, 2.75) is 44.4 Å². The first kappa shape index (κ1) is 23.8. The number of aryl methyl sites for hydroxylation is 2. The Balaban J connectivity index is 1.43. The lowest BCUT2D eigenvalue weighted by atomic mass is 9.98. The Bertz CT molecular complexity index is 1280. The third-order valence-corrected chi connectivity index (χ3v) is 7.87. The SMILES string of the molecule is Cc1cccc(C(C)C)c1NC(=O)COc1ccc(S(=O)(=O)N2CCCc3ccccc32)cc1. The van der Waals surface area contributed by atoms with E-state index in [1.807, 2.05) is 49.4 Å². The van der Waals surface area contributed by atoms with Crippen molar-refractivity contribution in [3.8, 4) is 5.75 Å². The number of rotatable bonds is 7. The molecule has 1 heterocycles. The second kappa shape index (κ2) is 9.89. The second-order valence-corrected chi connectivity index (χ2v) is 10.7. The normalized spacial score (nSPS) is 13.5. The van der Waals surface area contributed by atoms with Crippen molar-refractivity contribution in [3.63, 3.8) is 0 Å². The molecule has 3 aromatic carbocycles. The zero-order valence-electron chi connectivity index (χ0n) is 19.7. The van der Waals surface area contributed by atoms with Crippen molar-refractivity contribution in [2.24, 2.45) is 0 Å². The molecular weight excluding hydrogens is 448 g/mol. The summed E-state index contributed by atoms with van der Waals surface area (Å²) in [5, 5.41) is 2.95. The van der Waals surface area contributed by atoms with E-state index in [0.29, 0.717) is 12.3 Å². The molecule has 0 saturated carbocycles. The summed E-state index contributed by atoms with van der Waals surface area (Å²) < 4.78 is 33.6. The fraction of sp³-hybridized carbons (Fsp3) is 0.296. The van der Waals surface area contributed by atoms with Crippen LogP contribution in [-0.2, 0) is 21.2 Å². The molecule has 0 bridgehead atoms. The molecule has 0 spiro atoms. The summed E-state index contributed by atoms with van der Waals surface area (Å²) >= 11 is 0. The van der Waals surface area contributed by atoms with Gasteiger partial charge in [0.2, 0.25) is 0 Å². The van der Waals surface area contributed by atoms with Gasteiger partial charge in [-0.2, -0.15) is 0 Å². The molecule has 0 aliphatic carbocycles. The van der Waals surface area contributed by atoms with E-state index in [0.717, 1.165) is 40.9 Å². The molecule has 1 N–H and O–H groups in total. The van der Waals surface area contributed by atoms with Crippen LogP contribution in [0.3, 0.4) is 0 Å². The van der Waals surface area contributed by atoms with Gasteiger partial charge in [-0.15, -0.1) is 0 Å². The number of amides is 1. The Morgan fingerprint density at radius 3 is 2.50 bits per heavy atom. The van der Waals surface area contributed by atoms with Crippen LogP contribution in [0.1, 0.15) is 42.9 Å². The summed E-state index contributed by atoms with van der Waals surface area (Å²) in [5.74, 6) is 0.442. The smallest absolute Gasteiger partial charge is 0.264 e. The Morgan fingerprint density at radius 2 is 1.76 bits per heavy atom. The fourth-order valence-corrected chi connectivity index (χ4v) is 5.79. The van der Waals surface area contributed by atoms with Gasteiger partial charge in [0.15, 0.2) is 6.61 Å². The van der Waals surface area contributed by atoms with E-state index in [-0.39, 0.29) is 23.3 Å². The van der Waals surface area contributed by atoms with Crippen molar-refractivity contribution in [3.05, 3.63) is 83.4 Å². The molecule has 1 aliphatic heterocycles. The van der Waals surface area contributed by atoms with Crippen LogP contribution in [-0.4, -0.2) is 27.5 Å². The number of carbonyl (C=O) groups excluding carboxylic acids is 1. The van der Waals surface area contributed by atoms with E-state index in [4.69, 9.17) is 4.74 Å². The molecular formula is C27H30N2O4S. The zero-order chi connectivity index (χ0) is 24.3. The average Bonchev–Trinajstić information content (AvgIpc) is 2.83. The summed E-state index contributed by atoms with van der Waals surface area (Å²) in [5.41, 5.74) is 4.66. The molecule has 1 aliphatic rings. The molecule has 0 aromatic heterocycles. The Hall–Kier alpha value is -3.32. The Morgan fingerprint density at radius 1 is 1.03 bits per heavy atom. The standard InChI is InChI=1S/C27H30N2O4S/c1-19(2)24-11-6-8-20(3)27(24)28-26(30)18-33-22-13-15-23(16-14-22)34(31,32)29-17-7-10-21-9-4-5-12-25(21)29/h4-6,8-9,11-16,19H,7,10,17-18H2,1-3H3,(H,28,30). The van der Waals surface area contributed by atoms with E-state index in [2.05, 4.69) is 19.2 Å². The molecule has 178 valence electrons. The van der Waals surface area contributed by atoms with Gasteiger partial charge in [0.05, 0.1) is 10.6 Å². The molecule has 6 nitrogen and oxygen atoms in total. The van der Waals surface area contributed by atoms with Crippen molar-refractivity contribution in [2.75, 3.05) is 22.8 Å². The topological polar surface area (TPSA) is 75.7 Å². The van der Waals surface area contributed by atoms with Gasteiger partial charge in [-0.05, 0) is 72.7 Å². The second-order valence-electron chi connectivity index (χ2n) is 8.81. The highest BCUT2D eigenvalue weighted by atomic mass is 32.2. The number of sulfonamides is 1. The van der Waals surface area contributed by atoms with E-state index < -0.39 is 10.0 Å². The molecule has 0 radical (unpaired) electrons. The van der Waals surface area contributed by atoms with Gasteiger partial charge in [0, 0.05) is 12.2 Å². The highest BCUT2D eigenvalue weighted by molar-refractivity contribution is 7.92. The number of ether oxygens (including phenoxy) is 1.